The second-order valence-corrected chi connectivity index (χ2v) is 4.73. The van der Waals surface area contributed by atoms with E-state index in [1.165, 1.54) is 0 Å². The lowest BCUT2D eigenvalue weighted by molar-refractivity contribution is -0.132. The number of anilines is 1. The molecule has 0 radical (unpaired) electrons. The van der Waals surface area contributed by atoms with Crippen LogP contribution in [0.25, 0.3) is 0 Å². The Morgan fingerprint density at radius 2 is 1.94 bits per heavy atom. The van der Waals surface area contributed by atoms with Crippen LogP contribution in [-0.2, 0) is 16.0 Å². The van der Waals surface area contributed by atoms with Crippen molar-refractivity contribution in [2.24, 2.45) is 0 Å². The summed E-state index contributed by atoms with van der Waals surface area (Å²) < 4.78 is 5.30. The van der Waals surface area contributed by atoms with Crippen molar-refractivity contribution < 1.29 is 9.53 Å². The number of carbonyl (C=O) groups excluding carboxylic acids is 1. The van der Waals surface area contributed by atoms with Crippen LogP contribution in [0.3, 0.4) is 0 Å². The fourth-order valence-electron chi connectivity index (χ4n) is 2.26. The smallest absolute Gasteiger partial charge is 0.226 e. The van der Waals surface area contributed by atoms with Crippen molar-refractivity contribution in [2.75, 3.05) is 25.9 Å². The molecule has 0 saturated carbocycles. The molecule has 18 heavy (non-hydrogen) atoms. The first-order chi connectivity index (χ1) is 8.69. The average Bonchev–Trinajstić information content (AvgIpc) is 2.41. The maximum absolute atomic E-state index is 12.1. The lowest BCUT2D eigenvalue weighted by Gasteiger charge is -2.31. The Labute approximate surface area is 108 Å². The Kier molecular flexibility index (Phi) is 4.20. The molecule has 0 atom stereocenters. The molecule has 0 unspecified atom stereocenters. The summed E-state index contributed by atoms with van der Waals surface area (Å²) >= 11 is 0. The van der Waals surface area contributed by atoms with Crippen molar-refractivity contribution in [2.45, 2.75) is 25.4 Å². The molecule has 1 heterocycles. The van der Waals surface area contributed by atoms with Crippen LogP contribution in [0.1, 0.15) is 18.4 Å². The molecule has 4 heteroatoms. The number of piperidine rings is 1. The number of hydrogen-bond donors (Lipinski definition) is 1. The van der Waals surface area contributed by atoms with Gasteiger partial charge in [0, 0.05) is 25.9 Å². The predicted octanol–water partition coefficient (Wildman–Crippen LogP) is 1.45. The summed E-state index contributed by atoms with van der Waals surface area (Å²) in [4.78, 5) is 14.0. The number of methoxy groups -OCH3 is 1. The third-order valence-corrected chi connectivity index (χ3v) is 3.46. The van der Waals surface area contributed by atoms with Crippen LogP contribution >= 0.6 is 0 Å². The van der Waals surface area contributed by atoms with E-state index in [1.807, 2.05) is 29.2 Å². The molecular formula is C14H20N2O2. The molecule has 1 fully saturated rings. The fourth-order valence-corrected chi connectivity index (χ4v) is 2.26. The molecule has 98 valence electrons. The van der Waals surface area contributed by atoms with Crippen LogP contribution in [0, 0.1) is 0 Å². The largest absolute Gasteiger partial charge is 0.399 e. The van der Waals surface area contributed by atoms with Gasteiger partial charge in [0.15, 0.2) is 0 Å². The molecule has 2 N–H and O–H groups in total. The van der Waals surface area contributed by atoms with E-state index in [-0.39, 0.29) is 5.91 Å². The zero-order chi connectivity index (χ0) is 13.0. The highest BCUT2D eigenvalue weighted by atomic mass is 16.5. The molecule has 1 aliphatic rings. The molecule has 1 aromatic carbocycles. The van der Waals surface area contributed by atoms with E-state index in [0.717, 1.165) is 37.2 Å². The Balaban J connectivity index is 1.87. The number of nitrogens with zero attached hydrogens (tertiary/aromatic N) is 1. The van der Waals surface area contributed by atoms with Gasteiger partial charge >= 0.3 is 0 Å². The van der Waals surface area contributed by atoms with Gasteiger partial charge in [-0.2, -0.15) is 0 Å². The van der Waals surface area contributed by atoms with Gasteiger partial charge in [0.2, 0.25) is 5.91 Å². The fraction of sp³-hybridized carbons (Fsp3) is 0.500. The number of likely N-dealkylation sites (tertiary alicyclic amines) is 1. The van der Waals surface area contributed by atoms with Crippen LogP contribution in [0.5, 0.6) is 0 Å². The van der Waals surface area contributed by atoms with Gasteiger partial charge in [0.25, 0.3) is 0 Å². The normalized spacial score (nSPS) is 16.8. The molecule has 0 bridgehead atoms. The van der Waals surface area contributed by atoms with E-state index < -0.39 is 0 Å². The van der Waals surface area contributed by atoms with Crippen LogP contribution in [0.4, 0.5) is 5.69 Å². The van der Waals surface area contributed by atoms with Crippen molar-refractivity contribution in [3.63, 3.8) is 0 Å². The van der Waals surface area contributed by atoms with Gasteiger partial charge < -0.3 is 15.4 Å². The van der Waals surface area contributed by atoms with Gasteiger partial charge in [-0.25, -0.2) is 0 Å². The minimum atomic E-state index is 0.189. The predicted molar refractivity (Wildman–Crippen MR) is 71.2 cm³/mol. The molecule has 1 saturated heterocycles. The molecule has 0 aromatic heterocycles. The number of benzene rings is 1. The van der Waals surface area contributed by atoms with Gasteiger partial charge in [-0.3, -0.25) is 4.79 Å². The van der Waals surface area contributed by atoms with Crippen molar-refractivity contribution in [1.29, 1.82) is 0 Å². The molecule has 0 spiro atoms. The van der Waals surface area contributed by atoms with E-state index in [1.54, 1.807) is 7.11 Å². The third kappa shape index (κ3) is 3.23. The Bertz CT molecular complexity index is 395. The Hall–Kier alpha value is -1.55. The Morgan fingerprint density at radius 1 is 1.33 bits per heavy atom. The zero-order valence-electron chi connectivity index (χ0n) is 10.8. The van der Waals surface area contributed by atoms with Gasteiger partial charge in [-0.15, -0.1) is 0 Å². The van der Waals surface area contributed by atoms with Gasteiger partial charge in [0.1, 0.15) is 0 Å². The minimum Gasteiger partial charge on any atom is -0.399 e. The average molecular weight is 248 g/mol. The Morgan fingerprint density at radius 3 is 2.50 bits per heavy atom. The van der Waals surface area contributed by atoms with E-state index >= 15 is 0 Å². The second kappa shape index (κ2) is 5.87. The maximum Gasteiger partial charge on any atom is 0.226 e. The summed E-state index contributed by atoms with van der Waals surface area (Å²) in [5, 5.41) is 0. The van der Waals surface area contributed by atoms with E-state index in [9.17, 15) is 4.79 Å². The molecule has 2 rings (SSSR count). The number of nitrogen functional groups attached to an aromatic ring is 1. The lowest BCUT2D eigenvalue weighted by atomic mass is 10.1. The number of ether oxygens (including phenoxy) is 1. The van der Waals surface area contributed by atoms with Crippen molar-refractivity contribution in [3.05, 3.63) is 29.8 Å². The van der Waals surface area contributed by atoms with Gasteiger partial charge in [-0.05, 0) is 30.5 Å². The summed E-state index contributed by atoms with van der Waals surface area (Å²) in [6.07, 6.45) is 2.64. The highest BCUT2D eigenvalue weighted by Crippen LogP contribution is 2.14. The lowest BCUT2D eigenvalue weighted by Crippen LogP contribution is -2.41. The summed E-state index contributed by atoms with van der Waals surface area (Å²) in [7, 11) is 1.73. The maximum atomic E-state index is 12.1. The van der Waals surface area contributed by atoms with Crippen molar-refractivity contribution in [3.8, 4) is 0 Å². The monoisotopic (exact) mass is 248 g/mol. The van der Waals surface area contributed by atoms with Gasteiger partial charge in [0.05, 0.1) is 12.5 Å². The zero-order valence-corrected chi connectivity index (χ0v) is 10.8. The molecular weight excluding hydrogens is 228 g/mol. The summed E-state index contributed by atoms with van der Waals surface area (Å²) in [5.41, 5.74) is 7.37. The first-order valence-corrected chi connectivity index (χ1v) is 6.34. The van der Waals surface area contributed by atoms with Crippen molar-refractivity contribution in [1.82, 2.24) is 4.90 Å². The SMILES string of the molecule is COC1CCN(C(=O)Cc2ccc(N)cc2)CC1. The third-order valence-electron chi connectivity index (χ3n) is 3.46. The van der Waals surface area contributed by atoms with Crippen LogP contribution < -0.4 is 5.73 Å². The summed E-state index contributed by atoms with van der Waals surface area (Å²) in [6, 6.07) is 7.49. The molecule has 1 aliphatic heterocycles. The quantitative estimate of drug-likeness (QED) is 0.824. The molecule has 1 amide bonds. The summed E-state index contributed by atoms with van der Waals surface area (Å²) in [6.45, 7) is 1.60. The van der Waals surface area contributed by atoms with E-state index in [0.29, 0.717) is 12.5 Å². The number of nitrogens with two attached hydrogens (primary N) is 1. The van der Waals surface area contributed by atoms with E-state index in [4.69, 9.17) is 10.5 Å². The first-order valence-electron chi connectivity index (χ1n) is 6.34. The number of hydrogen-bond acceptors (Lipinski definition) is 3. The topological polar surface area (TPSA) is 55.6 Å². The van der Waals surface area contributed by atoms with Crippen LogP contribution in [0.15, 0.2) is 24.3 Å². The van der Waals surface area contributed by atoms with E-state index in [2.05, 4.69) is 0 Å². The number of carbonyl (C=O) groups is 1. The molecule has 0 aliphatic carbocycles. The molecule has 1 aromatic rings. The van der Waals surface area contributed by atoms with Crippen LogP contribution in [0.2, 0.25) is 0 Å². The highest BCUT2D eigenvalue weighted by Gasteiger charge is 2.22. The first kappa shape index (κ1) is 12.9. The van der Waals surface area contributed by atoms with Gasteiger partial charge in [-0.1, -0.05) is 12.1 Å². The highest BCUT2D eigenvalue weighted by molar-refractivity contribution is 5.79. The van der Waals surface area contributed by atoms with Crippen molar-refractivity contribution >= 4 is 11.6 Å². The summed E-state index contributed by atoms with van der Waals surface area (Å²) in [5.74, 6) is 0.189. The van der Waals surface area contributed by atoms with Crippen LogP contribution in [-0.4, -0.2) is 37.1 Å². The molecule has 4 nitrogen and oxygen atoms in total. The standard InChI is InChI=1S/C14H20N2O2/c1-18-13-6-8-16(9-7-13)14(17)10-11-2-4-12(15)5-3-11/h2-5,13H,6-10,15H2,1H3. The minimum absolute atomic E-state index is 0.189. The number of rotatable bonds is 3. The number of amides is 1. The second-order valence-electron chi connectivity index (χ2n) is 4.73.